The summed E-state index contributed by atoms with van der Waals surface area (Å²) in [6, 6.07) is 14.5. The lowest BCUT2D eigenvalue weighted by atomic mass is 9.87. The first-order chi connectivity index (χ1) is 14.5. The van der Waals surface area contributed by atoms with E-state index in [1.165, 1.54) is 13.1 Å². The SMILES string of the molecule is CNC(=O)c1cccc(Nc2c(NC3(c4ccccc4)CCCC3)c(=O)c2=O)c1O. The number of aromatic hydroxyl groups is 1. The third-order valence-corrected chi connectivity index (χ3v) is 5.83. The Labute approximate surface area is 173 Å². The first kappa shape index (κ1) is 19.7. The molecule has 0 aromatic heterocycles. The minimum atomic E-state index is -0.650. The van der Waals surface area contributed by atoms with E-state index >= 15 is 0 Å². The Morgan fingerprint density at radius 3 is 2.27 bits per heavy atom. The van der Waals surface area contributed by atoms with Crippen LogP contribution in [0.5, 0.6) is 5.75 Å². The Hall–Kier alpha value is -3.61. The topological polar surface area (TPSA) is 108 Å². The van der Waals surface area contributed by atoms with Crippen LogP contribution in [0.3, 0.4) is 0 Å². The van der Waals surface area contributed by atoms with Crippen molar-refractivity contribution < 1.29 is 9.90 Å². The molecule has 1 aliphatic carbocycles. The molecule has 1 fully saturated rings. The van der Waals surface area contributed by atoms with Gasteiger partial charge in [0.1, 0.15) is 11.4 Å². The molecule has 7 heteroatoms. The first-order valence-electron chi connectivity index (χ1n) is 9.95. The van der Waals surface area contributed by atoms with Crippen LogP contribution in [-0.2, 0) is 5.54 Å². The van der Waals surface area contributed by atoms with Crippen molar-refractivity contribution in [1.82, 2.24) is 5.32 Å². The number of anilines is 3. The second-order valence-corrected chi connectivity index (χ2v) is 7.59. The normalized spacial score (nSPS) is 15.1. The van der Waals surface area contributed by atoms with E-state index in [1.54, 1.807) is 12.1 Å². The Morgan fingerprint density at radius 2 is 1.60 bits per heavy atom. The number of nitrogens with one attached hydrogen (secondary N) is 3. The minimum absolute atomic E-state index is 0.0762. The maximum Gasteiger partial charge on any atom is 0.254 e. The molecule has 7 nitrogen and oxygen atoms in total. The van der Waals surface area contributed by atoms with Crippen molar-refractivity contribution in [1.29, 1.82) is 0 Å². The molecule has 0 spiro atoms. The van der Waals surface area contributed by atoms with Crippen molar-refractivity contribution in [3.05, 3.63) is 80.1 Å². The fraction of sp³-hybridized carbons (Fsp3) is 0.261. The van der Waals surface area contributed by atoms with Crippen molar-refractivity contribution in [3.63, 3.8) is 0 Å². The predicted molar refractivity (Wildman–Crippen MR) is 116 cm³/mol. The summed E-state index contributed by atoms with van der Waals surface area (Å²) < 4.78 is 0. The van der Waals surface area contributed by atoms with E-state index in [9.17, 15) is 19.5 Å². The molecule has 0 heterocycles. The molecule has 0 aliphatic heterocycles. The molecule has 30 heavy (non-hydrogen) atoms. The molecule has 0 unspecified atom stereocenters. The molecule has 4 rings (SSSR count). The van der Waals surface area contributed by atoms with Crippen molar-refractivity contribution in [3.8, 4) is 5.75 Å². The maximum absolute atomic E-state index is 12.4. The molecule has 3 aromatic rings. The van der Waals surface area contributed by atoms with Gasteiger partial charge in [-0.2, -0.15) is 0 Å². The minimum Gasteiger partial charge on any atom is -0.505 e. The van der Waals surface area contributed by atoms with Gasteiger partial charge in [-0.3, -0.25) is 14.4 Å². The van der Waals surface area contributed by atoms with Gasteiger partial charge in [0.05, 0.1) is 16.8 Å². The molecule has 0 bridgehead atoms. The number of para-hydroxylation sites is 1. The maximum atomic E-state index is 12.4. The van der Waals surface area contributed by atoms with Gasteiger partial charge < -0.3 is 21.1 Å². The standard InChI is InChI=1S/C23H23N3O4/c1-24-22(30)15-10-7-11-16(19(15)27)25-17-18(21(29)20(17)28)26-23(12-5-6-13-23)14-8-3-2-4-9-14/h2-4,7-11,25-27H,5-6,12-13H2,1H3,(H,24,30). The number of hydrogen-bond acceptors (Lipinski definition) is 6. The Morgan fingerprint density at radius 1 is 0.933 bits per heavy atom. The number of phenolic OH excluding ortho intramolecular Hbond substituents is 1. The fourth-order valence-corrected chi connectivity index (χ4v) is 4.19. The van der Waals surface area contributed by atoms with Gasteiger partial charge in [0.2, 0.25) is 0 Å². The van der Waals surface area contributed by atoms with E-state index in [0.29, 0.717) is 0 Å². The molecule has 154 valence electrons. The Kier molecular flexibility index (Phi) is 5.03. The quantitative estimate of drug-likeness (QED) is 0.371. The number of benzene rings is 2. The van der Waals surface area contributed by atoms with Crippen LogP contribution in [0.25, 0.3) is 0 Å². The van der Waals surface area contributed by atoms with Gasteiger partial charge in [-0.25, -0.2) is 0 Å². The van der Waals surface area contributed by atoms with Gasteiger partial charge in [0.25, 0.3) is 16.8 Å². The van der Waals surface area contributed by atoms with Crippen LogP contribution in [0.15, 0.2) is 58.1 Å². The molecule has 0 saturated heterocycles. The zero-order valence-corrected chi connectivity index (χ0v) is 16.6. The van der Waals surface area contributed by atoms with Gasteiger partial charge in [-0.05, 0) is 30.5 Å². The average molecular weight is 405 g/mol. The molecular weight excluding hydrogens is 382 g/mol. The van der Waals surface area contributed by atoms with E-state index in [0.717, 1.165) is 31.2 Å². The lowest BCUT2D eigenvalue weighted by Crippen LogP contribution is -2.42. The van der Waals surface area contributed by atoms with E-state index in [2.05, 4.69) is 16.0 Å². The highest BCUT2D eigenvalue weighted by Crippen LogP contribution is 2.42. The summed E-state index contributed by atoms with van der Waals surface area (Å²) in [6.07, 6.45) is 3.75. The van der Waals surface area contributed by atoms with Crippen LogP contribution >= 0.6 is 0 Å². The second-order valence-electron chi connectivity index (χ2n) is 7.59. The number of hydrogen-bond donors (Lipinski definition) is 4. The second kappa shape index (κ2) is 7.67. The molecular formula is C23H23N3O4. The van der Waals surface area contributed by atoms with Crippen LogP contribution < -0.4 is 26.8 Å². The van der Waals surface area contributed by atoms with E-state index < -0.39 is 22.3 Å². The van der Waals surface area contributed by atoms with Crippen LogP contribution in [0, 0.1) is 0 Å². The van der Waals surface area contributed by atoms with Gasteiger partial charge in [0.15, 0.2) is 5.75 Å². The largest absolute Gasteiger partial charge is 0.505 e. The highest BCUT2D eigenvalue weighted by Gasteiger charge is 2.38. The summed E-state index contributed by atoms with van der Waals surface area (Å²) in [5.41, 5.74) is 0.0168. The smallest absolute Gasteiger partial charge is 0.254 e. The third kappa shape index (κ3) is 3.22. The van der Waals surface area contributed by atoms with Crippen LogP contribution in [0.4, 0.5) is 17.1 Å². The predicted octanol–water partition coefficient (Wildman–Crippen LogP) is 2.97. The molecule has 1 saturated carbocycles. The summed E-state index contributed by atoms with van der Waals surface area (Å²) in [5.74, 6) is -0.733. The number of carbonyl (C=O) groups excluding carboxylic acids is 1. The first-order valence-corrected chi connectivity index (χ1v) is 9.95. The molecule has 1 amide bonds. The number of rotatable bonds is 6. The lowest BCUT2D eigenvalue weighted by Gasteiger charge is -2.33. The fourth-order valence-electron chi connectivity index (χ4n) is 4.19. The summed E-state index contributed by atoms with van der Waals surface area (Å²) in [6.45, 7) is 0. The zero-order valence-electron chi connectivity index (χ0n) is 16.6. The summed E-state index contributed by atoms with van der Waals surface area (Å²) in [5, 5.41) is 19.1. The van der Waals surface area contributed by atoms with E-state index in [4.69, 9.17) is 0 Å². The van der Waals surface area contributed by atoms with Crippen molar-refractivity contribution in [2.24, 2.45) is 0 Å². The van der Waals surface area contributed by atoms with Crippen LogP contribution in [0.2, 0.25) is 0 Å². The van der Waals surface area contributed by atoms with Crippen LogP contribution in [-0.4, -0.2) is 18.1 Å². The summed E-state index contributed by atoms with van der Waals surface area (Å²) >= 11 is 0. The highest BCUT2D eigenvalue weighted by atomic mass is 16.3. The van der Waals surface area contributed by atoms with Crippen LogP contribution in [0.1, 0.15) is 41.6 Å². The number of amides is 1. The summed E-state index contributed by atoms with van der Waals surface area (Å²) in [7, 11) is 1.46. The van der Waals surface area contributed by atoms with Gasteiger partial charge >= 0.3 is 0 Å². The van der Waals surface area contributed by atoms with Crippen molar-refractivity contribution >= 4 is 23.0 Å². The van der Waals surface area contributed by atoms with Crippen molar-refractivity contribution in [2.45, 2.75) is 31.2 Å². The zero-order chi connectivity index (χ0) is 21.3. The Balaban J connectivity index is 1.68. The molecule has 1 aliphatic rings. The van der Waals surface area contributed by atoms with Crippen molar-refractivity contribution in [2.75, 3.05) is 17.7 Å². The molecule has 3 aromatic carbocycles. The van der Waals surface area contributed by atoms with Gasteiger partial charge in [-0.15, -0.1) is 0 Å². The monoisotopic (exact) mass is 405 g/mol. The highest BCUT2D eigenvalue weighted by molar-refractivity contribution is 5.99. The van der Waals surface area contributed by atoms with Gasteiger partial charge in [-0.1, -0.05) is 49.2 Å². The third-order valence-electron chi connectivity index (χ3n) is 5.83. The number of carbonyl (C=O) groups is 1. The molecule has 0 radical (unpaired) electrons. The van der Waals surface area contributed by atoms with Gasteiger partial charge in [0, 0.05) is 7.05 Å². The van der Waals surface area contributed by atoms with E-state index in [-0.39, 0.29) is 28.4 Å². The summed E-state index contributed by atoms with van der Waals surface area (Å²) in [4.78, 5) is 36.6. The average Bonchev–Trinajstić information content (AvgIpc) is 3.27. The molecule has 4 N–H and O–H groups in total. The van der Waals surface area contributed by atoms with E-state index in [1.807, 2.05) is 30.3 Å². The Bertz CT molecular complexity index is 1160. The molecule has 0 atom stereocenters. The lowest BCUT2D eigenvalue weighted by molar-refractivity contribution is 0.0960. The number of phenols is 1.